The third-order valence-corrected chi connectivity index (χ3v) is 8.89. The van der Waals surface area contributed by atoms with Gasteiger partial charge in [0.1, 0.15) is 0 Å². The zero-order valence-electron chi connectivity index (χ0n) is 14.2. The fourth-order valence-corrected chi connectivity index (χ4v) is 2.01. The fraction of sp³-hybridized carbons (Fsp3) is 1.00. The number of rotatable bonds is 6. The quantitative estimate of drug-likeness (QED) is 0.470. The van der Waals surface area contributed by atoms with E-state index in [2.05, 4.69) is 0 Å². The minimum atomic E-state index is -2.65. The Hall–Kier alpha value is 1.10. The van der Waals surface area contributed by atoms with Crippen molar-refractivity contribution in [3.63, 3.8) is 0 Å². The monoisotopic (exact) mass is 396 g/mol. The van der Waals surface area contributed by atoms with Gasteiger partial charge in [-0.3, -0.25) is 13.7 Å². The van der Waals surface area contributed by atoms with E-state index in [1.807, 2.05) is 0 Å². The molecule has 0 rings (SSSR count). The van der Waals surface area contributed by atoms with E-state index in [0.29, 0.717) is 37.0 Å². The van der Waals surface area contributed by atoms with Gasteiger partial charge in [-0.25, -0.2) is 0 Å². The molecule has 0 saturated carbocycles. The van der Waals surface area contributed by atoms with Crippen molar-refractivity contribution in [2.24, 2.45) is 0 Å². The van der Waals surface area contributed by atoms with Crippen LogP contribution in [0.1, 0.15) is 41.5 Å². The van der Waals surface area contributed by atoms with Gasteiger partial charge in [0.05, 0.1) is 0 Å². The molecule has 0 radical (unpaired) electrons. The van der Waals surface area contributed by atoms with Crippen LogP contribution < -0.4 is 0 Å². The molecule has 0 amide bonds. The van der Waals surface area contributed by atoms with Gasteiger partial charge in [-0.05, 0) is 0 Å². The maximum Gasteiger partial charge on any atom is 0.200 e. The van der Waals surface area contributed by atoms with E-state index in [4.69, 9.17) is 14.7 Å². The summed E-state index contributed by atoms with van der Waals surface area (Å²) < 4.78 is 31.5. The maximum absolute atomic E-state index is 10.5. The second-order valence-electron chi connectivity index (χ2n) is 4.44. The van der Waals surface area contributed by atoms with Crippen molar-refractivity contribution in [1.82, 2.24) is 0 Å². The molecule has 0 bridgehead atoms. The highest BCUT2D eigenvalue weighted by Crippen LogP contribution is 2.39. The molecule has 0 aliphatic rings. The smallest absolute Gasteiger partial charge is 0.200 e. The molecular formula is C12H36AlO6P3. The summed E-state index contributed by atoms with van der Waals surface area (Å²) in [6.07, 6.45) is 2.44. The average Bonchev–Trinajstić information content (AvgIpc) is 2.48. The first-order valence-corrected chi connectivity index (χ1v) is 13.4. The van der Waals surface area contributed by atoms with Gasteiger partial charge in [0.2, 0.25) is 0 Å². The fourth-order valence-electron chi connectivity index (χ4n) is 0.671. The Morgan fingerprint density at radius 2 is 0.591 bits per heavy atom. The zero-order chi connectivity index (χ0) is 17.7. The standard InChI is InChI=1S/3C4H11O2P.Al.3H/c3*1-3-7(5,6)4-2;;;;/h3*3-4H2,1-2H3,(H,5,6);;;;. The van der Waals surface area contributed by atoms with Crippen molar-refractivity contribution in [3.8, 4) is 0 Å². The Labute approximate surface area is 146 Å². The molecule has 0 atom stereocenters. The van der Waals surface area contributed by atoms with E-state index < -0.39 is 22.1 Å². The lowest BCUT2D eigenvalue weighted by Gasteiger charge is -2.01. The van der Waals surface area contributed by atoms with Crippen LogP contribution in [0.2, 0.25) is 0 Å². The van der Waals surface area contributed by atoms with Crippen molar-refractivity contribution in [2.45, 2.75) is 41.5 Å². The summed E-state index contributed by atoms with van der Waals surface area (Å²) >= 11 is 0. The van der Waals surface area contributed by atoms with E-state index >= 15 is 0 Å². The Bertz CT molecular complexity index is 308. The summed E-state index contributed by atoms with van der Waals surface area (Å²) in [7, 11) is -7.96. The Morgan fingerprint density at radius 3 is 0.591 bits per heavy atom. The minimum Gasteiger partial charge on any atom is -0.344 e. The second-order valence-corrected chi connectivity index (χ2v) is 13.3. The van der Waals surface area contributed by atoms with E-state index in [9.17, 15) is 13.7 Å². The summed E-state index contributed by atoms with van der Waals surface area (Å²) in [5.41, 5.74) is 0. The Kier molecular flexibility index (Phi) is 22.0. The molecular weight excluding hydrogens is 360 g/mol. The Balaban J connectivity index is -0.000000108. The van der Waals surface area contributed by atoms with Gasteiger partial charge in [-0.1, -0.05) is 41.5 Å². The van der Waals surface area contributed by atoms with Crippen LogP contribution >= 0.6 is 22.1 Å². The van der Waals surface area contributed by atoms with Crippen LogP contribution in [0.3, 0.4) is 0 Å². The molecule has 0 aliphatic heterocycles. The molecule has 0 heterocycles. The van der Waals surface area contributed by atoms with Gasteiger partial charge >= 0.3 is 0 Å². The minimum absolute atomic E-state index is 0. The molecule has 0 aromatic heterocycles. The molecule has 0 saturated heterocycles. The van der Waals surface area contributed by atoms with E-state index in [-0.39, 0.29) is 17.4 Å². The van der Waals surface area contributed by atoms with Gasteiger partial charge in [-0.2, -0.15) is 0 Å². The first kappa shape index (κ1) is 30.9. The highest BCUT2D eigenvalue weighted by Gasteiger charge is 2.09. The van der Waals surface area contributed by atoms with Gasteiger partial charge < -0.3 is 14.7 Å². The molecule has 0 unspecified atom stereocenters. The van der Waals surface area contributed by atoms with Crippen LogP contribution in [0.5, 0.6) is 0 Å². The van der Waals surface area contributed by atoms with Crippen molar-refractivity contribution < 1.29 is 28.4 Å². The second kappa shape index (κ2) is 15.6. The highest BCUT2D eigenvalue weighted by molar-refractivity contribution is 7.58. The molecule has 0 spiro atoms. The maximum atomic E-state index is 10.5. The largest absolute Gasteiger partial charge is 0.344 e. The lowest BCUT2D eigenvalue weighted by molar-refractivity contribution is 0.479. The van der Waals surface area contributed by atoms with Crippen LogP contribution in [0, 0.1) is 0 Å². The average molecular weight is 396 g/mol. The van der Waals surface area contributed by atoms with Crippen LogP contribution in [-0.2, 0) is 13.7 Å². The summed E-state index contributed by atoms with van der Waals surface area (Å²) in [4.78, 5) is 26.1. The highest BCUT2D eigenvalue weighted by atomic mass is 31.2. The molecule has 10 heteroatoms. The first-order valence-electron chi connectivity index (χ1n) is 7.29. The van der Waals surface area contributed by atoms with Crippen LogP contribution in [0.15, 0.2) is 0 Å². The summed E-state index contributed by atoms with van der Waals surface area (Å²) in [5, 5.41) is 0. The molecule has 0 aromatic rings. The van der Waals surface area contributed by atoms with E-state index in [1.165, 1.54) is 0 Å². The van der Waals surface area contributed by atoms with Crippen molar-refractivity contribution in [1.29, 1.82) is 0 Å². The van der Waals surface area contributed by atoms with E-state index in [1.54, 1.807) is 41.5 Å². The summed E-state index contributed by atoms with van der Waals surface area (Å²) in [6.45, 7) is 10.4. The lowest BCUT2D eigenvalue weighted by Crippen LogP contribution is -1.84. The number of hydrogen-bond acceptors (Lipinski definition) is 3. The van der Waals surface area contributed by atoms with Crippen LogP contribution in [0.4, 0.5) is 0 Å². The SMILES string of the molecule is CCP(=O)(O)CC.CCP(=O)(O)CC.CCP(=O)(O)CC.[AlH3]. The van der Waals surface area contributed by atoms with E-state index in [0.717, 1.165) is 0 Å². The molecule has 6 nitrogen and oxygen atoms in total. The zero-order valence-corrected chi connectivity index (χ0v) is 16.8. The molecule has 3 N–H and O–H groups in total. The van der Waals surface area contributed by atoms with Gasteiger partial charge in [0, 0.05) is 37.0 Å². The van der Waals surface area contributed by atoms with Crippen molar-refractivity contribution in [2.75, 3.05) is 37.0 Å². The van der Waals surface area contributed by atoms with Crippen molar-refractivity contribution >= 4 is 39.5 Å². The predicted molar refractivity (Wildman–Crippen MR) is 103 cm³/mol. The third-order valence-electron chi connectivity index (χ3n) is 2.96. The topological polar surface area (TPSA) is 112 Å². The molecule has 0 aliphatic carbocycles. The normalized spacial score (nSPS) is 11.3. The van der Waals surface area contributed by atoms with Gasteiger partial charge in [0.25, 0.3) is 0 Å². The summed E-state index contributed by atoms with van der Waals surface area (Å²) in [5.74, 6) is 0. The molecule has 138 valence electrons. The van der Waals surface area contributed by atoms with Crippen LogP contribution in [-0.4, -0.2) is 69.0 Å². The summed E-state index contributed by atoms with van der Waals surface area (Å²) in [6, 6.07) is 0. The predicted octanol–water partition coefficient (Wildman–Crippen LogP) is 2.71. The lowest BCUT2D eigenvalue weighted by atomic mass is 11.0. The van der Waals surface area contributed by atoms with Gasteiger partial charge in [-0.15, -0.1) is 0 Å². The van der Waals surface area contributed by atoms with Crippen LogP contribution in [0.25, 0.3) is 0 Å². The molecule has 22 heavy (non-hydrogen) atoms. The Morgan fingerprint density at radius 1 is 0.500 bits per heavy atom. The third kappa shape index (κ3) is 23.4. The first-order chi connectivity index (χ1) is 9.36. The number of hydrogen-bond donors (Lipinski definition) is 3. The van der Waals surface area contributed by atoms with Gasteiger partial charge in [0.15, 0.2) is 39.5 Å². The molecule has 0 fully saturated rings. The molecule has 0 aromatic carbocycles. The van der Waals surface area contributed by atoms with Crippen molar-refractivity contribution in [3.05, 3.63) is 0 Å².